The molecule has 0 bridgehead atoms. The topological polar surface area (TPSA) is 132 Å². The van der Waals surface area contributed by atoms with Gasteiger partial charge in [0.15, 0.2) is 5.75 Å². The van der Waals surface area contributed by atoms with E-state index in [1.807, 2.05) is 4.90 Å². The molecule has 0 atom stereocenters. The number of nitrogens with zero attached hydrogens (tertiary/aromatic N) is 4. The summed E-state index contributed by atoms with van der Waals surface area (Å²) in [6.45, 7) is 4.76. The minimum Gasteiger partial charge on any atom is -0.475 e. The summed E-state index contributed by atoms with van der Waals surface area (Å²) in [7, 11) is 0. The maximum Gasteiger partial charge on any atom is 0.573 e. The number of nitrogens with one attached hydrogen (secondary N) is 1. The largest absolute Gasteiger partial charge is 0.573 e. The number of piperidine rings is 1. The molecule has 4 amide bonds. The van der Waals surface area contributed by atoms with E-state index in [4.69, 9.17) is 9.90 Å². The Bertz CT molecular complexity index is 1360. The van der Waals surface area contributed by atoms with E-state index in [-0.39, 0.29) is 24.5 Å². The first-order valence-electron chi connectivity index (χ1n) is 13.2. The number of benzene rings is 1. The van der Waals surface area contributed by atoms with E-state index in [9.17, 15) is 40.7 Å². The maximum atomic E-state index is 13.4. The van der Waals surface area contributed by atoms with Crippen LogP contribution in [0.25, 0.3) is 0 Å². The molecule has 2 aliphatic rings. The van der Waals surface area contributed by atoms with Gasteiger partial charge in [0.1, 0.15) is 5.54 Å². The van der Waals surface area contributed by atoms with E-state index in [1.165, 1.54) is 11.0 Å². The van der Waals surface area contributed by atoms with Crippen LogP contribution in [0.3, 0.4) is 0 Å². The lowest BCUT2D eigenvalue weighted by atomic mass is 10.0. The molecule has 4 rings (SSSR count). The van der Waals surface area contributed by atoms with Crippen LogP contribution < -0.4 is 15.0 Å². The number of hydrogen-bond donors (Lipinski definition) is 2. The monoisotopic (exact) mass is 633 g/mol. The van der Waals surface area contributed by atoms with Crippen molar-refractivity contribution in [3.05, 3.63) is 48.3 Å². The number of ether oxygens (including phenoxy) is 1. The minimum atomic E-state index is -5.08. The third-order valence-electron chi connectivity index (χ3n) is 6.69. The second kappa shape index (κ2) is 13.5. The number of carboxylic acids is 1. The fourth-order valence-corrected chi connectivity index (χ4v) is 4.48. The van der Waals surface area contributed by atoms with E-state index in [0.29, 0.717) is 0 Å². The normalized spacial score (nSPS) is 17.2. The first-order valence-corrected chi connectivity index (χ1v) is 13.2. The summed E-state index contributed by atoms with van der Waals surface area (Å²) in [5.41, 5.74) is -0.740. The number of alkyl halides is 6. The Morgan fingerprint density at radius 3 is 2.14 bits per heavy atom. The molecule has 0 unspecified atom stereocenters. The number of likely N-dealkylation sites (tertiary alicyclic amines) is 1. The van der Waals surface area contributed by atoms with Gasteiger partial charge in [-0.2, -0.15) is 13.2 Å². The fourth-order valence-electron chi connectivity index (χ4n) is 4.48. The molecule has 2 fully saturated rings. The van der Waals surface area contributed by atoms with Crippen LogP contribution >= 0.6 is 0 Å². The predicted molar refractivity (Wildman–Crippen MR) is 142 cm³/mol. The maximum absolute atomic E-state index is 13.4. The molecule has 11 nitrogen and oxygen atoms in total. The molecule has 240 valence electrons. The SMILES string of the molecule is CC1(C)C(=O)N(c2ccc(OC(F)(F)F)c(NC(=O)CN3CCCCC3)c2)C(=O)N1Cc1ccncc1.O=C(O)C(F)(F)F. The molecule has 0 spiro atoms. The van der Waals surface area contributed by atoms with Crippen molar-refractivity contribution >= 4 is 35.2 Å². The number of carbonyl (C=O) groups excluding carboxylic acids is 3. The lowest BCUT2D eigenvalue weighted by Crippen LogP contribution is -2.43. The summed E-state index contributed by atoms with van der Waals surface area (Å²) < 4.78 is 75.0. The van der Waals surface area contributed by atoms with Gasteiger partial charge in [0.2, 0.25) is 5.91 Å². The number of aromatic nitrogens is 1. The van der Waals surface area contributed by atoms with Crippen LogP contribution in [0.15, 0.2) is 42.7 Å². The number of urea groups is 1. The van der Waals surface area contributed by atoms with Gasteiger partial charge >= 0.3 is 24.5 Å². The molecule has 2 aromatic rings. The van der Waals surface area contributed by atoms with Crippen LogP contribution in [0.5, 0.6) is 5.75 Å². The lowest BCUT2D eigenvalue weighted by Gasteiger charge is -2.27. The summed E-state index contributed by atoms with van der Waals surface area (Å²) in [5.74, 6) is -4.48. The van der Waals surface area contributed by atoms with Crippen molar-refractivity contribution in [2.24, 2.45) is 0 Å². The molecule has 0 radical (unpaired) electrons. The molecule has 44 heavy (non-hydrogen) atoms. The highest BCUT2D eigenvalue weighted by molar-refractivity contribution is 6.23. The Morgan fingerprint density at radius 1 is 1.00 bits per heavy atom. The van der Waals surface area contributed by atoms with Gasteiger partial charge < -0.3 is 20.1 Å². The Labute approximate surface area is 247 Å². The van der Waals surface area contributed by atoms with Gasteiger partial charge in [-0.3, -0.25) is 19.5 Å². The number of rotatable bonds is 7. The molecule has 2 saturated heterocycles. The molecule has 0 aliphatic carbocycles. The zero-order valence-corrected chi connectivity index (χ0v) is 23.5. The number of carbonyl (C=O) groups is 4. The van der Waals surface area contributed by atoms with Crippen molar-refractivity contribution in [3.63, 3.8) is 0 Å². The van der Waals surface area contributed by atoms with E-state index in [1.54, 1.807) is 38.4 Å². The van der Waals surface area contributed by atoms with Crippen LogP contribution in [0.4, 0.5) is 42.5 Å². The number of carboxylic acid groups (broad SMARTS) is 1. The average molecular weight is 634 g/mol. The highest BCUT2D eigenvalue weighted by Crippen LogP contribution is 2.38. The van der Waals surface area contributed by atoms with E-state index in [2.05, 4.69) is 15.0 Å². The summed E-state index contributed by atoms with van der Waals surface area (Å²) in [5, 5.41) is 9.60. The van der Waals surface area contributed by atoms with Crippen molar-refractivity contribution in [2.45, 2.75) is 57.7 Å². The lowest BCUT2D eigenvalue weighted by molar-refractivity contribution is -0.274. The van der Waals surface area contributed by atoms with Gasteiger partial charge in [-0.1, -0.05) is 6.42 Å². The number of halogens is 6. The van der Waals surface area contributed by atoms with Crippen molar-refractivity contribution in [3.8, 4) is 5.75 Å². The van der Waals surface area contributed by atoms with Gasteiger partial charge in [-0.05, 0) is 75.7 Å². The first-order chi connectivity index (χ1) is 20.4. The highest BCUT2D eigenvalue weighted by atomic mass is 19.4. The van der Waals surface area contributed by atoms with Crippen LogP contribution in [-0.4, -0.2) is 81.4 Å². The minimum absolute atomic E-state index is 0.00397. The smallest absolute Gasteiger partial charge is 0.475 e. The van der Waals surface area contributed by atoms with Gasteiger partial charge in [0.05, 0.1) is 17.9 Å². The van der Waals surface area contributed by atoms with Gasteiger partial charge in [-0.15, -0.1) is 13.2 Å². The Hall–Kier alpha value is -4.41. The van der Waals surface area contributed by atoms with Crippen molar-refractivity contribution in [1.29, 1.82) is 0 Å². The highest BCUT2D eigenvalue weighted by Gasteiger charge is 2.52. The Kier molecular flexibility index (Phi) is 10.4. The Balaban J connectivity index is 0.000000676. The molecule has 1 aromatic carbocycles. The third-order valence-corrected chi connectivity index (χ3v) is 6.69. The van der Waals surface area contributed by atoms with Gasteiger partial charge in [0, 0.05) is 18.9 Å². The van der Waals surface area contributed by atoms with Crippen molar-refractivity contribution in [1.82, 2.24) is 14.8 Å². The molecular weight excluding hydrogens is 604 g/mol. The van der Waals surface area contributed by atoms with E-state index < -0.39 is 47.6 Å². The third kappa shape index (κ3) is 8.81. The molecule has 2 N–H and O–H groups in total. The van der Waals surface area contributed by atoms with Gasteiger partial charge in [-0.25, -0.2) is 14.5 Å². The summed E-state index contributed by atoms with van der Waals surface area (Å²) in [4.78, 5) is 56.4. The molecule has 0 saturated carbocycles. The molecule has 3 heterocycles. The molecule has 1 aromatic heterocycles. The number of pyridine rings is 1. The van der Waals surface area contributed by atoms with Crippen LogP contribution in [0.1, 0.15) is 38.7 Å². The second-order valence-electron chi connectivity index (χ2n) is 10.3. The number of aliphatic carboxylic acids is 1. The first kappa shape index (κ1) is 34.1. The summed E-state index contributed by atoms with van der Waals surface area (Å²) in [6, 6.07) is 6.12. The zero-order valence-electron chi connectivity index (χ0n) is 23.5. The number of imide groups is 1. The van der Waals surface area contributed by atoms with Crippen LogP contribution in [0, 0.1) is 0 Å². The molecule has 2 aliphatic heterocycles. The summed E-state index contributed by atoms with van der Waals surface area (Å²) in [6.07, 6.45) is -4.00. The fraction of sp³-hybridized carbons (Fsp3) is 0.444. The van der Waals surface area contributed by atoms with Crippen LogP contribution in [0.2, 0.25) is 0 Å². The number of amides is 4. The van der Waals surface area contributed by atoms with E-state index >= 15 is 0 Å². The molecule has 17 heteroatoms. The van der Waals surface area contributed by atoms with Crippen molar-refractivity contribution < 1.29 is 55.4 Å². The average Bonchev–Trinajstić information content (AvgIpc) is 3.09. The Morgan fingerprint density at radius 2 is 1.59 bits per heavy atom. The number of anilines is 2. The van der Waals surface area contributed by atoms with Gasteiger partial charge in [0.25, 0.3) is 5.91 Å². The van der Waals surface area contributed by atoms with Crippen LogP contribution in [-0.2, 0) is 20.9 Å². The quantitative estimate of drug-likeness (QED) is 0.329. The zero-order chi connectivity index (χ0) is 32.9. The standard InChI is InChI=1S/C25H28F3N5O4.C2HF3O2/c1-24(2)22(35)33(23(36)32(24)15-17-8-10-29-11-9-17)18-6-7-20(37-25(26,27)28)19(14-18)30-21(34)16-31-12-4-3-5-13-31;3-2(4,5)1(6)7/h6-11,14H,3-5,12-13,15-16H2,1-2H3,(H,30,34);(H,6,7). The summed E-state index contributed by atoms with van der Waals surface area (Å²) >= 11 is 0. The van der Waals surface area contributed by atoms with Crippen molar-refractivity contribution in [2.75, 3.05) is 29.9 Å². The predicted octanol–water partition coefficient (Wildman–Crippen LogP) is 4.79. The second-order valence-corrected chi connectivity index (χ2v) is 10.3. The van der Waals surface area contributed by atoms with E-state index in [0.717, 1.165) is 54.9 Å². The number of hydrogen-bond acceptors (Lipinski definition) is 7. The molecular formula is C27H29F6N5O6.